The van der Waals surface area contributed by atoms with Gasteiger partial charge in [-0.25, -0.2) is 4.79 Å². The van der Waals surface area contributed by atoms with E-state index >= 15 is 0 Å². The third-order valence-corrected chi connectivity index (χ3v) is 5.97. The van der Waals surface area contributed by atoms with Crippen molar-refractivity contribution in [2.75, 3.05) is 13.1 Å². The molecule has 0 spiro atoms. The van der Waals surface area contributed by atoms with Gasteiger partial charge in [-0.05, 0) is 45.1 Å². The molecule has 8 N–H and O–H groups in total. The summed E-state index contributed by atoms with van der Waals surface area (Å²) >= 11 is 0. The molecule has 11 nitrogen and oxygen atoms in total. The van der Waals surface area contributed by atoms with Gasteiger partial charge in [0.05, 0.1) is 12.1 Å². The average molecular weight is 458 g/mol. The van der Waals surface area contributed by atoms with Crippen LogP contribution >= 0.6 is 0 Å². The third kappa shape index (κ3) is 7.72. The molecule has 11 heteroatoms. The summed E-state index contributed by atoms with van der Waals surface area (Å²) in [5.41, 5.74) is 11.3. The molecule has 1 saturated heterocycles. The summed E-state index contributed by atoms with van der Waals surface area (Å²) in [4.78, 5) is 51.2. The number of likely N-dealkylation sites (tertiary alicyclic amines) is 1. The number of carboxylic acids is 1. The quantitative estimate of drug-likeness (QED) is 0.188. The zero-order valence-corrected chi connectivity index (χ0v) is 19.3. The van der Waals surface area contributed by atoms with Crippen molar-refractivity contribution in [1.29, 1.82) is 0 Å². The highest BCUT2D eigenvalue weighted by atomic mass is 16.4. The molecule has 0 aromatic heterocycles. The minimum Gasteiger partial charge on any atom is -0.480 e. The number of nitrogens with zero attached hydrogens (tertiary/aromatic N) is 1. The van der Waals surface area contributed by atoms with Crippen molar-refractivity contribution >= 4 is 23.7 Å². The predicted octanol–water partition coefficient (Wildman–Crippen LogP) is -1.09. The molecule has 0 bridgehead atoms. The second kappa shape index (κ2) is 13.3. The molecule has 1 fully saturated rings. The molecular weight excluding hydrogens is 418 g/mol. The Hall–Kier alpha value is -2.24. The number of aliphatic carboxylic acids is 1. The zero-order chi connectivity index (χ0) is 24.4. The van der Waals surface area contributed by atoms with Gasteiger partial charge >= 0.3 is 5.97 Å². The Labute approximate surface area is 189 Å². The van der Waals surface area contributed by atoms with Gasteiger partial charge in [-0.3, -0.25) is 14.4 Å². The van der Waals surface area contributed by atoms with Gasteiger partial charge in [-0.1, -0.05) is 26.7 Å². The largest absolute Gasteiger partial charge is 0.480 e. The van der Waals surface area contributed by atoms with Crippen LogP contribution in [0.5, 0.6) is 0 Å². The Morgan fingerprint density at radius 2 is 1.72 bits per heavy atom. The van der Waals surface area contributed by atoms with Gasteiger partial charge in [0, 0.05) is 6.54 Å². The second-order valence-electron chi connectivity index (χ2n) is 8.52. The summed E-state index contributed by atoms with van der Waals surface area (Å²) in [6.45, 7) is 5.76. The number of aliphatic hydroxyl groups is 1. The van der Waals surface area contributed by atoms with Gasteiger partial charge in [-0.2, -0.15) is 0 Å². The van der Waals surface area contributed by atoms with Crippen LogP contribution in [0.4, 0.5) is 0 Å². The van der Waals surface area contributed by atoms with Crippen LogP contribution in [0.2, 0.25) is 0 Å². The van der Waals surface area contributed by atoms with E-state index < -0.39 is 54.0 Å². The van der Waals surface area contributed by atoms with Crippen molar-refractivity contribution in [3.05, 3.63) is 0 Å². The number of amides is 3. The van der Waals surface area contributed by atoms with Gasteiger partial charge in [0.1, 0.15) is 18.1 Å². The van der Waals surface area contributed by atoms with Gasteiger partial charge in [0.25, 0.3) is 0 Å². The number of nitrogens with one attached hydrogen (secondary N) is 2. The smallest absolute Gasteiger partial charge is 0.326 e. The van der Waals surface area contributed by atoms with Gasteiger partial charge in [-0.15, -0.1) is 0 Å². The summed E-state index contributed by atoms with van der Waals surface area (Å²) in [6.07, 6.45) is 2.00. The molecule has 1 heterocycles. The number of carboxylic acid groups (broad SMARTS) is 1. The minimum atomic E-state index is -1.31. The Morgan fingerprint density at radius 1 is 1.09 bits per heavy atom. The molecule has 0 aromatic rings. The highest BCUT2D eigenvalue weighted by Crippen LogP contribution is 2.21. The van der Waals surface area contributed by atoms with E-state index in [1.165, 1.54) is 11.8 Å². The predicted molar refractivity (Wildman–Crippen MR) is 118 cm³/mol. The molecule has 0 radical (unpaired) electrons. The molecule has 0 aliphatic carbocycles. The maximum absolute atomic E-state index is 13.1. The fraction of sp³-hybridized carbons (Fsp3) is 0.810. The van der Waals surface area contributed by atoms with E-state index in [4.69, 9.17) is 11.5 Å². The minimum absolute atomic E-state index is 0.287. The Kier molecular flexibility index (Phi) is 11.6. The number of hydrogen-bond acceptors (Lipinski definition) is 7. The number of unbranched alkanes of at least 4 members (excludes halogenated alkanes) is 1. The van der Waals surface area contributed by atoms with Crippen LogP contribution in [0.3, 0.4) is 0 Å². The Morgan fingerprint density at radius 3 is 2.25 bits per heavy atom. The molecule has 184 valence electrons. The van der Waals surface area contributed by atoms with E-state index in [1.54, 1.807) is 6.92 Å². The van der Waals surface area contributed by atoms with Gasteiger partial charge < -0.3 is 37.2 Å². The summed E-state index contributed by atoms with van der Waals surface area (Å²) < 4.78 is 0. The maximum Gasteiger partial charge on any atom is 0.326 e. The van der Waals surface area contributed by atoms with Crippen LogP contribution in [0.25, 0.3) is 0 Å². The molecule has 1 aliphatic heterocycles. The van der Waals surface area contributed by atoms with Crippen LogP contribution in [0.15, 0.2) is 0 Å². The maximum atomic E-state index is 13.1. The first-order valence-corrected chi connectivity index (χ1v) is 11.3. The molecule has 0 saturated carbocycles. The molecular formula is C21H39N5O6. The lowest BCUT2D eigenvalue weighted by Gasteiger charge is -2.32. The molecule has 1 rings (SSSR count). The average Bonchev–Trinajstić information content (AvgIpc) is 3.24. The lowest BCUT2D eigenvalue weighted by molar-refractivity contribution is -0.150. The fourth-order valence-electron chi connectivity index (χ4n) is 3.70. The number of aliphatic hydroxyl groups excluding tert-OH is 1. The summed E-state index contributed by atoms with van der Waals surface area (Å²) in [5, 5.41) is 24.6. The lowest BCUT2D eigenvalue weighted by Crippen LogP contribution is -2.61. The van der Waals surface area contributed by atoms with Crippen LogP contribution < -0.4 is 22.1 Å². The van der Waals surface area contributed by atoms with Crippen molar-refractivity contribution < 1.29 is 29.4 Å². The molecule has 0 aromatic carbocycles. The first-order chi connectivity index (χ1) is 15.0. The monoisotopic (exact) mass is 457 g/mol. The SMILES string of the molecule is CCC(C)C(NC(=O)C(NC(=O)C(N)CCCCN)C(C)O)C(=O)N1CCCC1C(=O)O. The number of carbonyl (C=O) groups excluding carboxylic acids is 3. The second-order valence-corrected chi connectivity index (χ2v) is 8.52. The first kappa shape index (κ1) is 27.8. The van der Waals surface area contributed by atoms with E-state index in [-0.39, 0.29) is 5.92 Å². The van der Waals surface area contributed by atoms with Crippen LogP contribution in [-0.4, -0.2) is 82.2 Å². The number of carbonyl (C=O) groups is 4. The van der Waals surface area contributed by atoms with Crippen molar-refractivity contribution in [3.8, 4) is 0 Å². The highest BCUT2D eigenvalue weighted by molar-refractivity contribution is 5.94. The van der Waals surface area contributed by atoms with Crippen LogP contribution in [-0.2, 0) is 19.2 Å². The normalized spacial score (nSPS) is 20.7. The van der Waals surface area contributed by atoms with Crippen LogP contribution in [0.1, 0.15) is 59.3 Å². The third-order valence-electron chi connectivity index (χ3n) is 5.97. The van der Waals surface area contributed by atoms with Gasteiger partial charge in [0.2, 0.25) is 17.7 Å². The topological polar surface area (TPSA) is 188 Å². The summed E-state index contributed by atoms with van der Waals surface area (Å²) in [6, 6.07) is -4.08. The van der Waals surface area contributed by atoms with E-state index in [1.807, 2.05) is 6.92 Å². The van der Waals surface area contributed by atoms with E-state index in [0.29, 0.717) is 51.6 Å². The molecule has 1 aliphatic rings. The lowest BCUT2D eigenvalue weighted by atomic mass is 9.96. The van der Waals surface area contributed by atoms with Crippen LogP contribution in [0, 0.1) is 5.92 Å². The molecule has 3 amide bonds. The van der Waals surface area contributed by atoms with E-state index in [9.17, 15) is 29.4 Å². The van der Waals surface area contributed by atoms with Gasteiger partial charge in [0.15, 0.2) is 0 Å². The number of nitrogens with two attached hydrogens (primary N) is 2. The number of hydrogen-bond donors (Lipinski definition) is 6. The standard InChI is InChI=1S/C21H39N5O6/c1-4-12(2)16(20(30)26-11-7-9-15(26)21(31)32)24-19(29)17(13(3)27)25-18(28)14(23)8-5-6-10-22/h12-17,27H,4-11,22-23H2,1-3H3,(H,24,29)(H,25,28)(H,31,32). The number of rotatable bonds is 13. The van der Waals surface area contributed by atoms with Crippen molar-refractivity contribution in [2.24, 2.45) is 17.4 Å². The Bertz CT molecular complexity index is 659. The van der Waals surface area contributed by atoms with Crippen molar-refractivity contribution in [1.82, 2.24) is 15.5 Å². The fourth-order valence-corrected chi connectivity index (χ4v) is 3.70. The first-order valence-electron chi connectivity index (χ1n) is 11.3. The molecule has 6 unspecified atom stereocenters. The summed E-state index contributed by atoms with van der Waals surface area (Å²) in [5.74, 6) is -3.16. The van der Waals surface area contributed by atoms with E-state index in [0.717, 1.165) is 0 Å². The molecule has 6 atom stereocenters. The zero-order valence-electron chi connectivity index (χ0n) is 19.3. The van der Waals surface area contributed by atoms with Crippen molar-refractivity contribution in [2.45, 2.75) is 89.6 Å². The highest BCUT2D eigenvalue weighted by Gasteiger charge is 2.40. The van der Waals surface area contributed by atoms with Crippen molar-refractivity contribution in [3.63, 3.8) is 0 Å². The Balaban J connectivity index is 2.92. The van der Waals surface area contributed by atoms with E-state index in [2.05, 4.69) is 10.6 Å². The molecule has 32 heavy (non-hydrogen) atoms. The summed E-state index contributed by atoms with van der Waals surface area (Å²) in [7, 11) is 0.